The Balaban J connectivity index is 0.000000518. The molecule has 0 fully saturated rings. The van der Waals surface area contributed by atoms with Crippen molar-refractivity contribution in [3.63, 3.8) is 0 Å². The van der Waals surface area contributed by atoms with E-state index in [1.807, 2.05) is 44.4 Å². The molecule has 0 aliphatic carbocycles. The van der Waals surface area contributed by atoms with Gasteiger partial charge in [0.2, 0.25) is 0 Å². The highest BCUT2D eigenvalue weighted by molar-refractivity contribution is 14.1. The third-order valence-electron chi connectivity index (χ3n) is 7.75. The van der Waals surface area contributed by atoms with E-state index in [4.69, 9.17) is 13.0 Å². The Morgan fingerprint density at radius 2 is 0.714 bits per heavy atom. The number of rotatable bonds is 7. The fourth-order valence-electron chi connectivity index (χ4n) is 4.42. The molecule has 0 aliphatic heterocycles. The second kappa shape index (κ2) is 27.6. The van der Waals surface area contributed by atoms with Crippen molar-refractivity contribution in [3.8, 4) is 0 Å². The summed E-state index contributed by atoms with van der Waals surface area (Å²) in [7, 11) is -23.6. The molecule has 0 saturated carbocycles. The molecule has 0 aliphatic rings. The molecule has 6 aromatic rings. The molecule has 0 unspecified atom stereocenters. The quantitative estimate of drug-likeness (QED) is 0.0380. The molecule has 6 rings (SSSR count). The van der Waals surface area contributed by atoms with Crippen molar-refractivity contribution >= 4 is 74.6 Å². The first kappa shape index (κ1) is 69.9. The summed E-state index contributed by atoms with van der Waals surface area (Å²) in [6.45, 7) is 2.08. The molecule has 0 saturated heterocycles. The molecule has 0 bridgehead atoms. The molecule has 0 atom stereocenters. The topological polar surface area (TPSA) is 152 Å². The summed E-state index contributed by atoms with van der Waals surface area (Å²) >= 11 is 2.04. The van der Waals surface area contributed by atoms with E-state index in [9.17, 15) is 113 Å². The minimum atomic E-state index is -6.85. The third kappa shape index (κ3) is 19.9. The zero-order valence-electron chi connectivity index (χ0n) is 35.8. The van der Waals surface area contributed by atoms with Crippen molar-refractivity contribution in [2.75, 3.05) is 0 Å². The van der Waals surface area contributed by atoms with Crippen LogP contribution in [0.3, 0.4) is 0 Å². The average molecular weight is 1350 g/mol. The molecule has 0 amide bonds. The lowest BCUT2D eigenvalue weighted by Gasteiger charge is -2.10. The first-order valence-corrected chi connectivity index (χ1v) is 26.0. The van der Waals surface area contributed by atoms with Crippen molar-refractivity contribution in [3.05, 3.63) is 182 Å². The monoisotopic (exact) mass is 1350 g/mol. The van der Waals surface area contributed by atoms with Gasteiger partial charge in [0.1, 0.15) is 0 Å². The van der Waals surface area contributed by atoms with Gasteiger partial charge >= 0.3 is 36.8 Å². The van der Waals surface area contributed by atoms with Crippen LogP contribution in [0.4, 0.5) is 92.2 Å². The summed E-state index contributed by atoms with van der Waals surface area (Å²) in [6.07, 6.45) is 0. The third-order valence-corrected chi connectivity index (χ3v) is 15.1. The second-order valence-electron chi connectivity index (χ2n) is 13.3. The van der Waals surface area contributed by atoms with Crippen LogP contribution in [-0.4, -0.2) is 50.5 Å². The predicted molar refractivity (Wildman–Crippen MR) is 236 cm³/mol. The van der Waals surface area contributed by atoms with E-state index >= 15 is 0 Å². The lowest BCUT2D eigenvalue weighted by Crippen LogP contribution is -2.34. The van der Waals surface area contributed by atoms with Crippen molar-refractivity contribution in [1.29, 1.82) is 0 Å². The summed E-state index contributed by atoms with van der Waals surface area (Å²) in [5, 5.41) is 0. The van der Waals surface area contributed by atoms with Crippen molar-refractivity contribution in [1.82, 2.24) is 0 Å². The van der Waals surface area contributed by atoms with Gasteiger partial charge in [0.05, 0.1) is 21.7 Å². The molecule has 0 aromatic heterocycles. The highest BCUT2D eigenvalue weighted by Gasteiger charge is 2.57. The average Bonchev–Trinajstić information content (AvgIpc) is 3.28. The van der Waals surface area contributed by atoms with E-state index in [1.54, 1.807) is 24.3 Å². The molecular weight excluding hydrogens is 1320 g/mol. The van der Waals surface area contributed by atoms with E-state index in [-0.39, 0.29) is 17.2 Å². The maximum Gasteiger partial charge on any atom is 0.524 e. The number of aryl methyl sites for hydroxylation is 1. The van der Waals surface area contributed by atoms with Gasteiger partial charge in [-0.3, -0.25) is 0 Å². The van der Waals surface area contributed by atoms with Gasteiger partial charge in [-0.1, -0.05) is 43.3 Å². The number of hydrogen-bond acceptors (Lipinski definition) is 9. The van der Waals surface area contributed by atoms with Crippen LogP contribution >= 0.6 is 22.6 Å². The Bertz CT molecular complexity index is 3130. The first-order valence-electron chi connectivity index (χ1n) is 18.3. The Morgan fingerprint density at radius 1 is 0.455 bits per heavy atom. The minimum absolute atomic E-state index is 0. The van der Waals surface area contributed by atoms with Gasteiger partial charge in [0, 0.05) is 37.6 Å². The Morgan fingerprint density at radius 3 is 0.935 bits per heavy atom. The maximum atomic E-state index is 13.7. The second-order valence-corrected chi connectivity index (χ2v) is 22.7. The smallest absolute Gasteiger partial charge is 0.524 e. The van der Waals surface area contributed by atoms with E-state index in [2.05, 4.69) is 19.1 Å². The fraction of sp³-hybridized carbons (Fsp3) is 0.122. The predicted octanol–water partition coefficient (Wildman–Crippen LogP) is 13.3. The van der Waals surface area contributed by atoms with E-state index in [0.717, 1.165) is 27.8 Å². The van der Waals surface area contributed by atoms with Gasteiger partial charge < -0.3 is 4.55 Å². The summed E-state index contributed by atoms with van der Waals surface area (Å²) in [5.74, 6) is -18.9. The number of alkyl halides is 9. The van der Waals surface area contributed by atoms with Crippen LogP contribution < -0.4 is 0 Å². The fourth-order valence-corrected chi connectivity index (χ4v) is 9.57. The van der Waals surface area contributed by atoms with Crippen molar-refractivity contribution in [2.45, 2.75) is 55.4 Å². The van der Waals surface area contributed by atoms with Gasteiger partial charge in [0.15, 0.2) is 94.6 Å². The van der Waals surface area contributed by atoms with Gasteiger partial charge in [-0.05, 0) is 78.0 Å². The molecular formula is C41H24F21IO9S5. The van der Waals surface area contributed by atoms with Crippen LogP contribution in [0.5, 0.6) is 0 Å². The Kier molecular flexibility index (Phi) is 25.1. The zero-order valence-corrected chi connectivity index (χ0v) is 42.1. The number of halogens is 22. The molecule has 36 heteroatoms. The van der Waals surface area contributed by atoms with E-state index in [1.165, 1.54) is 5.56 Å². The Hall–Kier alpha value is -5.15. The van der Waals surface area contributed by atoms with Gasteiger partial charge in [-0.2, -0.15) is 56.3 Å². The van der Waals surface area contributed by atoms with Crippen LogP contribution in [0.2, 0.25) is 0 Å². The van der Waals surface area contributed by atoms with Crippen LogP contribution in [0, 0.1) is 80.3 Å². The van der Waals surface area contributed by atoms with E-state index in [0.29, 0.717) is 29.2 Å². The molecule has 0 spiro atoms. The number of hydrogen-bond donors (Lipinski definition) is 0. The lowest BCUT2D eigenvalue weighted by molar-refractivity contribution is -0.0586. The minimum Gasteiger partial charge on any atom is -0.741 e. The van der Waals surface area contributed by atoms with Crippen LogP contribution in [0.25, 0.3) is 0 Å². The van der Waals surface area contributed by atoms with Gasteiger partial charge in [0.25, 0.3) is 0 Å². The SMILES string of the molecule is C.Cc1ccccc1.Fc1cc([S+](c2ccc(I)cc2)c2cc(F)c(F)c(F)c2)cc(F)c1F.O=S(=O)(OS(=O)(=O)C(F)(F)F)C(F)(F)F.O=S(=O)([O-])C(F)(F)F.O=S(c1cc(F)c(F)c(F)c1)c1cc(F)c(F)c(F)c1. The highest BCUT2D eigenvalue weighted by atomic mass is 127. The molecule has 426 valence electrons. The highest BCUT2D eigenvalue weighted by Crippen LogP contribution is 2.35. The first-order chi connectivity index (χ1) is 34.4. The maximum absolute atomic E-state index is 13.7. The van der Waals surface area contributed by atoms with Crippen LogP contribution in [0.1, 0.15) is 13.0 Å². The van der Waals surface area contributed by atoms with Crippen molar-refractivity contribution < 1.29 is 130 Å². The van der Waals surface area contributed by atoms with Gasteiger partial charge in [-0.15, -0.1) is 3.63 Å². The standard InChI is InChI=1S/C18H8F6IS.C12H4F6OS.C7H8.C2F6O5S2.CHF3O3S.CH4/c19-13-5-11(6-14(20)17(13)23)26(10-3-1-9(25)2-4-10)12-7-15(21)18(24)16(22)8-12;13-7-1-5(2-8(14)11(7)17)20(19)6-3-9(15)12(18)10(16)4-6;1-7-5-3-2-4-6-7;3-1(4,5)14(9,10)13-15(11,12)2(6,7)8;2-1(3,4)8(5,6)7;/h1-8H;1-4H;2-6H,1H3;;(H,5,6,7);1H4/q+1;;;;;/p-1. The van der Waals surface area contributed by atoms with Gasteiger partial charge in [-0.25, -0.2) is 65.3 Å². The summed E-state index contributed by atoms with van der Waals surface area (Å²) in [4.78, 5) is -0.694. The number of benzene rings is 6. The molecule has 77 heavy (non-hydrogen) atoms. The summed E-state index contributed by atoms with van der Waals surface area (Å²) in [5.41, 5.74) is -16.8. The molecule has 6 aromatic carbocycles. The summed E-state index contributed by atoms with van der Waals surface area (Å²) < 4.78 is 340. The van der Waals surface area contributed by atoms with Crippen LogP contribution in [0.15, 0.2) is 128 Å². The van der Waals surface area contributed by atoms with E-state index < -0.39 is 148 Å². The lowest BCUT2D eigenvalue weighted by atomic mass is 10.2. The molecule has 0 N–H and O–H groups in total. The van der Waals surface area contributed by atoms with Crippen LogP contribution in [-0.2, 0) is 55.7 Å². The molecule has 0 heterocycles. The zero-order chi connectivity index (χ0) is 58.9. The largest absolute Gasteiger partial charge is 0.741 e. The summed E-state index contributed by atoms with van der Waals surface area (Å²) in [6, 6.07) is 21.6. The normalized spacial score (nSPS) is 11.9. The molecule has 0 radical (unpaired) electrons. The molecule has 9 nitrogen and oxygen atoms in total. The van der Waals surface area contributed by atoms with Crippen molar-refractivity contribution in [2.24, 2.45) is 0 Å². The Labute approximate surface area is 439 Å².